The monoisotopic (exact) mass is 461 g/mol. The second-order valence-corrected chi connectivity index (χ2v) is 10.5. The van der Waals surface area contributed by atoms with Crippen LogP contribution in [0.5, 0.6) is 0 Å². The Labute approximate surface area is 189 Å². The molecule has 8 heteroatoms. The summed E-state index contributed by atoms with van der Waals surface area (Å²) < 4.78 is 27.8. The van der Waals surface area contributed by atoms with Crippen LogP contribution in [-0.4, -0.2) is 45.4 Å². The molecule has 1 heterocycles. The molecule has 1 amide bonds. The Morgan fingerprint density at radius 2 is 1.77 bits per heavy atom. The number of carbonyl (C=O) groups excluding carboxylic acids is 1. The summed E-state index contributed by atoms with van der Waals surface area (Å²) in [4.78, 5) is 16.9. The molecule has 0 atom stereocenters. The maximum absolute atomic E-state index is 12.9. The Morgan fingerprint density at radius 1 is 1.10 bits per heavy atom. The van der Waals surface area contributed by atoms with Gasteiger partial charge in [0.1, 0.15) is 4.90 Å². The summed E-state index contributed by atoms with van der Waals surface area (Å²) in [6, 6.07) is 12.7. The van der Waals surface area contributed by atoms with Crippen LogP contribution in [0.25, 0.3) is 0 Å². The van der Waals surface area contributed by atoms with E-state index in [-0.39, 0.29) is 21.9 Å². The molecule has 2 aromatic carbocycles. The smallest absolute Gasteiger partial charge is 0.253 e. The van der Waals surface area contributed by atoms with Crippen molar-refractivity contribution in [1.82, 2.24) is 9.62 Å². The van der Waals surface area contributed by atoms with Crippen LogP contribution < -0.4 is 9.62 Å². The predicted octanol–water partition coefficient (Wildman–Crippen LogP) is 4.04. The Kier molecular flexibility index (Phi) is 6.55. The number of benzene rings is 2. The van der Waals surface area contributed by atoms with Gasteiger partial charge in [0, 0.05) is 44.0 Å². The zero-order valence-electron chi connectivity index (χ0n) is 17.7. The molecule has 1 saturated heterocycles. The molecule has 0 bridgehead atoms. The Morgan fingerprint density at radius 3 is 2.42 bits per heavy atom. The number of halogens is 1. The molecule has 1 saturated carbocycles. The molecule has 31 heavy (non-hydrogen) atoms. The molecule has 0 spiro atoms. The van der Waals surface area contributed by atoms with E-state index in [1.807, 2.05) is 12.1 Å². The summed E-state index contributed by atoms with van der Waals surface area (Å²) in [6.07, 6.45) is 5.41. The van der Waals surface area contributed by atoms with Gasteiger partial charge in [-0.15, -0.1) is 0 Å². The number of carbonyl (C=O) groups is 1. The molecule has 1 aliphatic heterocycles. The number of piperidine rings is 1. The first-order chi connectivity index (χ1) is 14.8. The quantitative estimate of drug-likeness (QED) is 0.675. The molecule has 2 aliphatic rings. The van der Waals surface area contributed by atoms with Crippen LogP contribution in [-0.2, 0) is 16.6 Å². The van der Waals surface area contributed by atoms with Gasteiger partial charge in [0.15, 0.2) is 0 Å². The van der Waals surface area contributed by atoms with Crippen molar-refractivity contribution in [2.24, 2.45) is 0 Å². The van der Waals surface area contributed by atoms with Crippen LogP contribution in [0.1, 0.15) is 48.0 Å². The fraction of sp³-hybridized carbons (Fsp3) is 0.435. The van der Waals surface area contributed by atoms with E-state index in [2.05, 4.69) is 21.8 Å². The molecule has 2 fully saturated rings. The average molecular weight is 462 g/mol. The minimum atomic E-state index is -3.74. The van der Waals surface area contributed by atoms with Crippen molar-refractivity contribution in [2.75, 3.05) is 25.0 Å². The third-order valence-corrected chi connectivity index (χ3v) is 7.79. The van der Waals surface area contributed by atoms with Crippen LogP contribution in [0.4, 0.5) is 5.69 Å². The lowest BCUT2D eigenvalue weighted by molar-refractivity contribution is 0.0785. The first kappa shape index (κ1) is 22.1. The van der Waals surface area contributed by atoms with Gasteiger partial charge in [0.2, 0.25) is 10.0 Å². The lowest BCUT2D eigenvalue weighted by Gasteiger charge is -2.29. The minimum Gasteiger partial charge on any atom is -0.372 e. The molecule has 0 aromatic heterocycles. The highest BCUT2D eigenvalue weighted by molar-refractivity contribution is 7.89. The zero-order chi connectivity index (χ0) is 22.0. The van der Waals surface area contributed by atoms with Gasteiger partial charge < -0.3 is 9.80 Å². The molecule has 0 radical (unpaired) electrons. The van der Waals surface area contributed by atoms with Crippen LogP contribution >= 0.6 is 11.6 Å². The normalized spacial score (nSPS) is 16.9. The van der Waals surface area contributed by atoms with E-state index in [0.717, 1.165) is 31.5 Å². The second kappa shape index (κ2) is 9.18. The molecule has 166 valence electrons. The number of nitrogens with one attached hydrogen (secondary N) is 1. The van der Waals surface area contributed by atoms with Gasteiger partial charge in [-0.3, -0.25) is 4.79 Å². The van der Waals surface area contributed by atoms with Crippen molar-refractivity contribution < 1.29 is 13.2 Å². The molecule has 0 unspecified atom stereocenters. The van der Waals surface area contributed by atoms with Crippen molar-refractivity contribution in [2.45, 2.75) is 49.6 Å². The topological polar surface area (TPSA) is 69.7 Å². The maximum atomic E-state index is 12.9. The molecular weight excluding hydrogens is 434 g/mol. The summed E-state index contributed by atoms with van der Waals surface area (Å²) in [5, 5.41) is 0.112. The van der Waals surface area contributed by atoms with Gasteiger partial charge in [-0.05, 0) is 68.0 Å². The number of sulfonamides is 1. The van der Waals surface area contributed by atoms with Crippen molar-refractivity contribution in [3.8, 4) is 0 Å². The van der Waals surface area contributed by atoms with Crippen molar-refractivity contribution >= 4 is 33.2 Å². The van der Waals surface area contributed by atoms with Gasteiger partial charge >= 0.3 is 0 Å². The van der Waals surface area contributed by atoms with Crippen LogP contribution in [0.2, 0.25) is 5.02 Å². The van der Waals surface area contributed by atoms with E-state index >= 15 is 0 Å². The molecule has 2 aromatic rings. The standard InChI is InChI=1S/C23H28ClN3O3S/c1-26(16-17-5-10-20(11-6-17)27-13-3-2-4-14-27)23(28)18-7-12-21(24)22(15-18)31(29,30)25-19-8-9-19/h5-7,10-12,15,19,25H,2-4,8-9,13-14,16H2,1H3. The van der Waals surface area contributed by atoms with E-state index in [1.54, 1.807) is 18.0 Å². The van der Waals surface area contributed by atoms with E-state index in [4.69, 9.17) is 11.6 Å². The highest BCUT2D eigenvalue weighted by Crippen LogP contribution is 2.27. The molecular formula is C23H28ClN3O3S. The first-order valence-electron chi connectivity index (χ1n) is 10.7. The third-order valence-electron chi connectivity index (χ3n) is 5.79. The maximum Gasteiger partial charge on any atom is 0.253 e. The van der Waals surface area contributed by atoms with Crippen LogP contribution in [0.3, 0.4) is 0 Å². The van der Waals surface area contributed by atoms with E-state index in [0.29, 0.717) is 12.1 Å². The van der Waals surface area contributed by atoms with Crippen LogP contribution in [0.15, 0.2) is 47.4 Å². The van der Waals surface area contributed by atoms with Gasteiger partial charge in [0.05, 0.1) is 5.02 Å². The highest BCUT2D eigenvalue weighted by Gasteiger charge is 2.30. The van der Waals surface area contributed by atoms with E-state index in [9.17, 15) is 13.2 Å². The Balaban J connectivity index is 1.44. The van der Waals surface area contributed by atoms with Gasteiger partial charge in [0.25, 0.3) is 5.91 Å². The first-order valence-corrected chi connectivity index (χ1v) is 12.6. The fourth-order valence-electron chi connectivity index (χ4n) is 3.86. The van der Waals surface area contributed by atoms with Gasteiger partial charge in [-0.2, -0.15) is 0 Å². The fourth-order valence-corrected chi connectivity index (χ4v) is 5.69. The molecule has 4 rings (SSSR count). The summed E-state index contributed by atoms with van der Waals surface area (Å²) in [5.74, 6) is -0.250. The number of hydrogen-bond donors (Lipinski definition) is 1. The second-order valence-electron chi connectivity index (χ2n) is 8.42. The summed E-state index contributed by atoms with van der Waals surface area (Å²) in [7, 11) is -2.03. The number of hydrogen-bond acceptors (Lipinski definition) is 4. The van der Waals surface area contributed by atoms with E-state index in [1.165, 1.54) is 37.1 Å². The Bertz CT molecular complexity index is 1050. The molecule has 1 N–H and O–H groups in total. The number of amides is 1. The SMILES string of the molecule is CN(Cc1ccc(N2CCCCC2)cc1)C(=O)c1ccc(Cl)c(S(=O)(=O)NC2CC2)c1. The summed E-state index contributed by atoms with van der Waals surface area (Å²) in [5.41, 5.74) is 2.54. The number of anilines is 1. The third kappa shape index (κ3) is 5.40. The van der Waals surface area contributed by atoms with E-state index < -0.39 is 10.0 Å². The van der Waals surface area contributed by atoms with Crippen molar-refractivity contribution in [1.29, 1.82) is 0 Å². The lowest BCUT2D eigenvalue weighted by Crippen LogP contribution is -2.29. The number of nitrogens with zero attached hydrogens (tertiary/aromatic N) is 2. The highest BCUT2D eigenvalue weighted by atomic mass is 35.5. The zero-order valence-corrected chi connectivity index (χ0v) is 19.3. The average Bonchev–Trinajstić information content (AvgIpc) is 3.58. The lowest BCUT2D eigenvalue weighted by atomic mass is 10.1. The summed E-state index contributed by atoms with van der Waals surface area (Å²) in [6.45, 7) is 2.62. The number of rotatable bonds is 7. The minimum absolute atomic E-state index is 0.0315. The Hall–Kier alpha value is -2.09. The summed E-state index contributed by atoms with van der Waals surface area (Å²) >= 11 is 6.13. The molecule has 6 nitrogen and oxygen atoms in total. The largest absolute Gasteiger partial charge is 0.372 e. The van der Waals surface area contributed by atoms with Crippen molar-refractivity contribution in [3.63, 3.8) is 0 Å². The van der Waals surface area contributed by atoms with Crippen LogP contribution in [0, 0.1) is 0 Å². The predicted molar refractivity (Wildman–Crippen MR) is 123 cm³/mol. The van der Waals surface area contributed by atoms with Crippen molar-refractivity contribution in [3.05, 3.63) is 58.6 Å². The van der Waals surface area contributed by atoms with Gasteiger partial charge in [-0.25, -0.2) is 13.1 Å². The van der Waals surface area contributed by atoms with Gasteiger partial charge in [-0.1, -0.05) is 23.7 Å². The molecule has 1 aliphatic carbocycles.